The fraction of sp³-hybridized carbons (Fsp3) is 0.233. The van der Waals surface area contributed by atoms with Crippen molar-refractivity contribution in [1.82, 2.24) is 15.2 Å². The molecular weight excluding hydrogens is 476 g/mol. The Balaban J connectivity index is 1.37. The number of hydrogen-bond donors (Lipinski definition) is 3. The summed E-state index contributed by atoms with van der Waals surface area (Å²) in [5.74, 6) is 5.76. The molecule has 1 amide bonds. The van der Waals surface area contributed by atoms with Crippen molar-refractivity contribution in [3.8, 4) is 0 Å². The summed E-state index contributed by atoms with van der Waals surface area (Å²) < 4.78 is 5.40. The number of rotatable bonds is 11. The van der Waals surface area contributed by atoms with Gasteiger partial charge in [-0.1, -0.05) is 42.5 Å². The lowest BCUT2D eigenvalue weighted by atomic mass is 10.0. The zero-order valence-corrected chi connectivity index (χ0v) is 21.4. The molecule has 1 saturated heterocycles. The molecule has 38 heavy (non-hydrogen) atoms. The summed E-state index contributed by atoms with van der Waals surface area (Å²) in [6, 6.07) is 19.7. The summed E-state index contributed by atoms with van der Waals surface area (Å²) in [4.78, 5) is 19.4. The second kappa shape index (κ2) is 14.0. The molecule has 0 saturated carbocycles. The van der Waals surface area contributed by atoms with E-state index in [9.17, 15) is 4.79 Å². The van der Waals surface area contributed by atoms with E-state index in [-0.39, 0.29) is 5.91 Å². The first-order chi connectivity index (χ1) is 18.6. The minimum Gasteiger partial charge on any atom is -0.390 e. The number of nitrogens with two attached hydrogens (primary N) is 1. The second-order valence-corrected chi connectivity index (χ2v) is 8.99. The minimum absolute atomic E-state index is 0.359. The monoisotopic (exact) mass is 510 g/mol. The number of hydrazine groups is 1. The number of carbonyl (C=O) groups is 1. The smallest absolute Gasteiger partial charge is 0.265 e. The van der Waals surface area contributed by atoms with E-state index >= 15 is 0 Å². The lowest BCUT2D eigenvalue weighted by molar-refractivity contribution is -0.114. The minimum atomic E-state index is -0.359. The molecule has 8 nitrogen and oxygen atoms in total. The van der Waals surface area contributed by atoms with Crippen LogP contribution in [0.2, 0.25) is 0 Å². The number of carbonyl (C=O) groups excluding carboxylic acids is 1. The number of ether oxygens (including phenoxy) is 1. The average molecular weight is 511 g/mol. The molecule has 196 valence electrons. The SMILES string of the molecule is N=C/C(=C\NCCc1ccccc1)c1ccncc1/C=C/C(=O)N(N)c1ccc(CN2CCOCC2)cc1. The van der Waals surface area contributed by atoms with Crippen LogP contribution in [-0.4, -0.2) is 54.9 Å². The summed E-state index contributed by atoms with van der Waals surface area (Å²) in [5.41, 5.74) is 5.22. The highest BCUT2D eigenvalue weighted by molar-refractivity contribution is 6.10. The van der Waals surface area contributed by atoms with E-state index in [0.29, 0.717) is 11.3 Å². The van der Waals surface area contributed by atoms with Crippen LogP contribution in [0, 0.1) is 5.41 Å². The summed E-state index contributed by atoms with van der Waals surface area (Å²) in [5, 5.41) is 12.3. The lowest BCUT2D eigenvalue weighted by Crippen LogP contribution is -2.36. The van der Waals surface area contributed by atoms with Gasteiger partial charge in [0, 0.05) is 68.2 Å². The standard InChI is InChI=1S/C30H34N6O2/c31-20-27(22-33-14-12-24-4-2-1-3-5-24)29-13-15-34-21-26(29)8-11-30(37)36(32)28-9-6-25(7-10-28)23-35-16-18-38-19-17-35/h1-11,13,15,20-22,31,33H,12,14,16-19,23,32H2/b11-8+,27-22+,31-20?. The molecule has 0 bridgehead atoms. The van der Waals surface area contributed by atoms with E-state index in [2.05, 4.69) is 27.3 Å². The van der Waals surface area contributed by atoms with E-state index in [4.69, 9.17) is 16.0 Å². The molecule has 8 heteroatoms. The number of anilines is 1. The number of pyridine rings is 1. The molecule has 2 heterocycles. The van der Waals surface area contributed by atoms with Gasteiger partial charge >= 0.3 is 0 Å². The third kappa shape index (κ3) is 7.69. The Labute approximate surface area is 223 Å². The van der Waals surface area contributed by atoms with Gasteiger partial charge in [0.25, 0.3) is 5.91 Å². The Kier molecular flexibility index (Phi) is 9.92. The predicted octanol–water partition coefficient (Wildman–Crippen LogP) is 3.66. The zero-order valence-electron chi connectivity index (χ0n) is 21.4. The van der Waals surface area contributed by atoms with E-state index in [0.717, 1.165) is 67.5 Å². The fourth-order valence-electron chi connectivity index (χ4n) is 4.19. The Morgan fingerprint density at radius 2 is 1.84 bits per heavy atom. The van der Waals surface area contributed by atoms with Crippen molar-refractivity contribution in [3.63, 3.8) is 0 Å². The molecule has 0 aliphatic carbocycles. The first kappa shape index (κ1) is 26.9. The topological polar surface area (TPSA) is 108 Å². The van der Waals surface area contributed by atoms with Gasteiger partial charge in [0.1, 0.15) is 0 Å². The Morgan fingerprint density at radius 1 is 1.08 bits per heavy atom. The number of benzene rings is 2. The zero-order chi connectivity index (χ0) is 26.6. The first-order valence-electron chi connectivity index (χ1n) is 12.7. The highest BCUT2D eigenvalue weighted by Gasteiger charge is 2.13. The van der Waals surface area contributed by atoms with Gasteiger partial charge in [-0.25, -0.2) is 10.9 Å². The van der Waals surface area contributed by atoms with Crippen LogP contribution in [-0.2, 0) is 22.5 Å². The van der Waals surface area contributed by atoms with Gasteiger partial charge in [-0.3, -0.25) is 14.7 Å². The maximum Gasteiger partial charge on any atom is 0.265 e. The van der Waals surface area contributed by atoms with Crippen molar-refractivity contribution in [2.45, 2.75) is 13.0 Å². The van der Waals surface area contributed by atoms with Gasteiger partial charge in [-0.2, -0.15) is 0 Å². The maximum absolute atomic E-state index is 12.8. The molecule has 1 aliphatic rings. The Hall–Kier alpha value is -4.11. The van der Waals surface area contributed by atoms with Gasteiger partial charge in [0.2, 0.25) is 0 Å². The Morgan fingerprint density at radius 3 is 2.58 bits per heavy atom. The summed E-state index contributed by atoms with van der Waals surface area (Å²) in [6.45, 7) is 4.94. The maximum atomic E-state index is 12.8. The third-order valence-electron chi connectivity index (χ3n) is 6.34. The predicted molar refractivity (Wildman–Crippen MR) is 152 cm³/mol. The van der Waals surface area contributed by atoms with Crippen LogP contribution in [0.5, 0.6) is 0 Å². The average Bonchev–Trinajstić information content (AvgIpc) is 2.97. The number of allylic oxidation sites excluding steroid dienone is 1. The number of amides is 1. The summed E-state index contributed by atoms with van der Waals surface area (Å²) >= 11 is 0. The third-order valence-corrected chi connectivity index (χ3v) is 6.34. The van der Waals surface area contributed by atoms with Gasteiger partial charge in [-0.05, 0) is 47.4 Å². The molecule has 1 fully saturated rings. The van der Waals surface area contributed by atoms with Gasteiger partial charge in [0.15, 0.2) is 0 Å². The van der Waals surface area contributed by atoms with Crippen molar-refractivity contribution in [2.24, 2.45) is 5.84 Å². The number of nitrogens with one attached hydrogen (secondary N) is 2. The largest absolute Gasteiger partial charge is 0.390 e. The molecule has 2 aromatic carbocycles. The summed E-state index contributed by atoms with van der Waals surface area (Å²) in [6.07, 6.45) is 10.4. The van der Waals surface area contributed by atoms with Crippen molar-refractivity contribution < 1.29 is 9.53 Å². The van der Waals surface area contributed by atoms with Crippen molar-refractivity contribution in [2.75, 3.05) is 37.9 Å². The quantitative estimate of drug-likeness (QED) is 0.0908. The Bertz CT molecular complexity index is 1250. The molecular formula is C30H34N6O2. The first-order valence-corrected chi connectivity index (χ1v) is 12.7. The number of morpholine rings is 1. The number of hydrogen-bond acceptors (Lipinski definition) is 7. The molecule has 1 aromatic heterocycles. The van der Waals surface area contributed by atoms with Crippen molar-refractivity contribution in [1.29, 1.82) is 5.41 Å². The molecule has 0 spiro atoms. The van der Waals surface area contributed by atoms with Crippen molar-refractivity contribution >= 4 is 29.5 Å². The van der Waals surface area contributed by atoms with E-state index in [1.54, 1.807) is 18.5 Å². The van der Waals surface area contributed by atoms with E-state index in [1.807, 2.05) is 54.7 Å². The van der Waals surface area contributed by atoms with Crippen LogP contribution >= 0.6 is 0 Å². The lowest BCUT2D eigenvalue weighted by Gasteiger charge is -2.26. The highest BCUT2D eigenvalue weighted by atomic mass is 16.5. The van der Waals surface area contributed by atoms with Crippen LogP contribution in [0.15, 0.2) is 85.3 Å². The molecule has 0 atom stereocenters. The molecule has 4 N–H and O–H groups in total. The highest BCUT2D eigenvalue weighted by Crippen LogP contribution is 2.19. The van der Waals surface area contributed by atoms with Crippen LogP contribution < -0.4 is 16.2 Å². The molecule has 3 aromatic rings. The number of nitrogens with zero attached hydrogens (tertiary/aromatic N) is 3. The van der Waals surface area contributed by atoms with Crippen molar-refractivity contribution in [3.05, 3.63) is 108 Å². The molecule has 1 aliphatic heterocycles. The van der Waals surface area contributed by atoms with Gasteiger partial charge in [-0.15, -0.1) is 0 Å². The normalized spacial score (nSPS) is 14.4. The van der Waals surface area contributed by atoms with Crippen LogP contribution in [0.3, 0.4) is 0 Å². The fourth-order valence-corrected chi connectivity index (χ4v) is 4.19. The van der Waals surface area contributed by atoms with Gasteiger partial charge < -0.3 is 15.5 Å². The van der Waals surface area contributed by atoms with Gasteiger partial charge in [0.05, 0.1) is 18.9 Å². The van der Waals surface area contributed by atoms with Crippen LogP contribution in [0.4, 0.5) is 5.69 Å². The molecule has 0 radical (unpaired) electrons. The second-order valence-electron chi connectivity index (χ2n) is 8.99. The van der Waals surface area contributed by atoms with E-state index in [1.165, 1.54) is 17.9 Å². The van der Waals surface area contributed by atoms with Crippen LogP contribution in [0.25, 0.3) is 11.6 Å². The van der Waals surface area contributed by atoms with Crippen LogP contribution in [0.1, 0.15) is 22.3 Å². The number of aromatic nitrogens is 1. The van der Waals surface area contributed by atoms with E-state index < -0.39 is 0 Å². The summed E-state index contributed by atoms with van der Waals surface area (Å²) in [7, 11) is 0. The molecule has 4 rings (SSSR count). The molecule has 0 unspecified atom stereocenters.